The van der Waals surface area contributed by atoms with Crippen LogP contribution in [0.4, 0.5) is 19.2 Å². The van der Waals surface area contributed by atoms with Crippen LogP contribution >= 0.6 is 0 Å². The number of hydrogen-bond donors (Lipinski definition) is 0. The highest BCUT2D eigenvalue weighted by Crippen LogP contribution is 2.30. The number of carbonyl (C=O) groups excluding carboxylic acids is 4. The fourth-order valence-electron chi connectivity index (χ4n) is 2.16. The summed E-state index contributed by atoms with van der Waals surface area (Å²) in [4.78, 5) is 52.1. The third-order valence-electron chi connectivity index (χ3n) is 3.12. The van der Waals surface area contributed by atoms with Crippen molar-refractivity contribution in [2.75, 3.05) is 0 Å². The van der Waals surface area contributed by atoms with E-state index in [1.807, 2.05) is 0 Å². The molecule has 16 heteroatoms. The summed E-state index contributed by atoms with van der Waals surface area (Å²) in [5.41, 5.74) is -4.61. The molecule has 1 fully saturated rings. The Morgan fingerprint density at radius 1 is 0.417 bits per heavy atom. The van der Waals surface area contributed by atoms with E-state index in [4.69, 9.17) is 18.9 Å². The first-order chi connectivity index (χ1) is 15.8. The Kier molecular flexibility index (Phi) is 9.07. The molecule has 1 saturated heterocycles. The Balaban J connectivity index is 3.77. The second kappa shape index (κ2) is 10.4. The maximum absolute atomic E-state index is 13.6. The molecular formula is C20H36N4O10S2. The van der Waals surface area contributed by atoms with Gasteiger partial charge in [0.2, 0.25) is 0 Å². The third-order valence-corrected chi connectivity index (χ3v) is 5.76. The quantitative estimate of drug-likeness (QED) is 0.401. The molecule has 0 radical (unpaired) electrons. The summed E-state index contributed by atoms with van der Waals surface area (Å²) < 4.78 is 48.5. The van der Waals surface area contributed by atoms with Crippen molar-refractivity contribution in [2.24, 2.45) is 0 Å². The van der Waals surface area contributed by atoms with Gasteiger partial charge in [-0.2, -0.15) is 0 Å². The van der Waals surface area contributed by atoms with E-state index >= 15 is 0 Å². The summed E-state index contributed by atoms with van der Waals surface area (Å²) in [5, 5.41) is 0. The summed E-state index contributed by atoms with van der Waals surface area (Å²) in [5.74, 6) is 0. The number of amides is 4. The summed E-state index contributed by atoms with van der Waals surface area (Å²) in [6.07, 6.45) is -5.68. The van der Waals surface area contributed by atoms with Gasteiger partial charge in [-0.05, 0) is 83.1 Å². The normalized spacial score (nSPS) is 19.6. The lowest BCUT2D eigenvalue weighted by Gasteiger charge is -2.44. The van der Waals surface area contributed by atoms with Gasteiger partial charge in [0.1, 0.15) is 22.4 Å². The van der Waals surface area contributed by atoms with Crippen LogP contribution < -0.4 is 0 Å². The van der Waals surface area contributed by atoms with Gasteiger partial charge in [0.25, 0.3) is 22.3 Å². The lowest BCUT2D eigenvalue weighted by atomic mass is 10.2. The van der Waals surface area contributed by atoms with Crippen LogP contribution in [-0.2, 0) is 41.3 Å². The zero-order valence-electron chi connectivity index (χ0n) is 22.7. The number of nitrogens with zero attached hydrogens (tertiary/aromatic N) is 4. The number of hydrazine groups is 2. The van der Waals surface area contributed by atoms with E-state index in [9.17, 15) is 27.6 Å². The summed E-state index contributed by atoms with van der Waals surface area (Å²) in [6.45, 7) is 17.9. The molecule has 1 heterocycles. The first kappa shape index (κ1) is 31.4. The van der Waals surface area contributed by atoms with Gasteiger partial charge in [0, 0.05) is 0 Å². The van der Waals surface area contributed by atoms with Crippen LogP contribution in [0.3, 0.4) is 0 Å². The van der Waals surface area contributed by atoms with Crippen LogP contribution in [0.25, 0.3) is 0 Å². The average molecular weight is 557 g/mol. The Bertz CT molecular complexity index is 796. The van der Waals surface area contributed by atoms with Gasteiger partial charge in [-0.3, -0.25) is 0 Å². The van der Waals surface area contributed by atoms with Crippen molar-refractivity contribution in [3.8, 4) is 0 Å². The molecule has 0 N–H and O–H groups in total. The molecule has 1 aliphatic heterocycles. The first-order valence-electron chi connectivity index (χ1n) is 10.8. The molecular weight excluding hydrogens is 520 g/mol. The maximum atomic E-state index is 13.6. The molecule has 0 atom stereocenters. The predicted octanol–water partition coefficient (Wildman–Crippen LogP) is 3.94. The number of carbonyl (C=O) groups is 4. The van der Waals surface area contributed by atoms with E-state index in [-0.39, 0.29) is 17.7 Å². The van der Waals surface area contributed by atoms with E-state index in [0.717, 1.165) is 0 Å². The monoisotopic (exact) mass is 556 g/mol. The maximum Gasteiger partial charge on any atom is 0.444 e. The SMILES string of the molecule is CC(C)(C)OC(=O)N1N(C(=O)OC(C)(C)C)S(=O)N(C(=O)OC(C)(C)C)N(C(=O)OC(C)(C)C)S1=O. The highest BCUT2D eigenvalue weighted by Gasteiger charge is 2.56. The van der Waals surface area contributed by atoms with Gasteiger partial charge in [-0.1, -0.05) is 17.7 Å². The molecule has 0 aromatic rings. The van der Waals surface area contributed by atoms with Gasteiger partial charge in [-0.15, -0.1) is 0 Å². The zero-order valence-corrected chi connectivity index (χ0v) is 24.3. The number of hydrogen-bond acceptors (Lipinski definition) is 10. The number of ether oxygens (including phenoxy) is 4. The molecule has 36 heavy (non-hydrogen) atoms. The van der Waals surface area contributed by atoms with E-state index in [1.165, 1.54) is 83.1 Å². The average Bonchev–Trinajstić information content (AvgIpc) is 2.55. The van der Waals surface area contributed by atoms with Crippen molar-refractivity contribution in [3.63, 3.8) is 0 Å². The second-order valence-electron chi connectivity index (χ2n) is 11.5. The predicted molar refractivity (Wildman–Crippen MR) is 129 cm³/mol. The smallest absolute Gasteiger partial charge is 0.442 e. The van der Waals surface area contributed by atoms with E-state index in [1.54, 1.807) is 0 Å². The molecule has 0 spiro atoms. The van der Waals surface area contributed by atoms with Crippen molar-refractivity contribution >= 4 is 46.7 Å². The Morgan fingerprint density at radius 2 is 0.556 bits per heavy atom. The van der Waals surface area contributed by atoms with E-state index in [0.29, 0.717) is 0 Å². The molecule has 14 nitrogen and oxygen atoms in total. The van der Waals surface area contributed by atoms with Crippen LogP contribution in [0.1, 0.15) is 83.1 Å². The van der Waals surface area contributed by atoms with Gasteiger partial charge < -0.3 is 18.9 Å². The highest BCUT2D eigenvalue weighted by atomic mass is 32.2. The molecule has 1 aliphatic rings. The molecule has 4 amide bonds. The van der Waals surface area contributed by atoms with Gasteiger partial charge >= 0.3 is 24.4 Å². The topological polar surface area (TPSA) is 152 Å². The molecule has 1 rings (SSSR count). The van der Waals surface area contributed by atoms with Crippen LogP contribution in [-0.4, -0.2) is 72.9 Å². The minimum Gasteiger partial charge on any atom is -0.442 e. The number of rotatable bonds is 0. The minimum atomic E-state index is -3.05. The van der Waals surface area contributed by atoms with Gasteiger partial charge in [-0.25, -0.2) is 27.6 Å². The molecule has 0 aromatic heterocycles. The standard InChI is InChI=1S/C20H36N4O10S2/c1-17(2,3)31-13(25)21-22(14(26)32-18(4,5)6)36(30)24(16(28)34-20(10,11)12)23(35(21)29)15(27)33-19(7,8)9/h1-12H3. The fraction of sp³-hybridized carbons (Fsp3) is 0.800. The minimum absolute atomic E-state index is 0.111. The Hall–Kier alpha value is -2.62. The third kappa shape index (κ3) is 8.80. The van der Waals surface area contributed by atoms with E-state index < -0.39 is 69.1 Å². The van der Waals surface area contributed by atoms with Crippen molar-refractivity contribution in [1.82, 2.24) is 17.7 Å². The van der Waals surface area contributed by atoms with Gasteiger partial charge in [0.15, 0.2) is 0 Å². The largest absolute Gasteiger partial charge is 0.444 e. The summed E-state index contributed by atoms with van der Waals surface area (Å²) in [6, 6.07) is 0. The van der Waals surface area contributed by atoms with Crippen molar-refractivity contribution in [3.05, 3.63) is 0 Å². The van der Waals surface area contributed by atoms with Crippen molar-refractivity contribution in [1.29, 1.82) is 0 Å². The lowest BCUT2D eigenvalue weighted by Crippen LogP contribution is -2.70. The van der Waals surface area contributed by atoms with Gasteiger partial charge in [0.05, 0.1) is 0 Å². The molecule has 208 valence electrons. The first-order valence-corrected chi connectivity index (χ1v) is 12.9. The Labute approximate surface area is 216 Å². The highest BCUT2D eigenvalue weighted by molar-refractivity contribution is 7.87. The fourth-order valence-corrected chi connectivity index (χ4v) is 4.57. The molecule has 0 aliphatic carbocycles. The molecule has 0 bridgehead atoms. The Morgan fingerprint density at radius 3 is 0.667 bits per heavy atom. The zero-order chi connectivity index (χ0) is 28.6. The second-order valence-corrected chi connectivity index (χ2v) is 13.8. The summed E-state index contributed by atoms with van der Waals surface area (Å²) >= 11 is -6.10. The van der Waals surface area contributed by atoms with Crippen LogP contribution in [0, 0.1) is 0 Å². The van der Waals surface area contributed by atoms with Crippen LogP contribution in [0.2, 0.25) is 0 Å². The summed E-state index contributed by atoms with van der Waals surface area (Å²) in [7, 11) is 0. The van der Waals surface area contributed by atoms with Crippen LogP contribution in [0.15, 0.2) is 0 Å². The lowest BCUT2D eigenvalue weighted by molar-refractivity contribution is -0.0277. The van der Waals surface area contributed by atoms with Crippen LogP contribution in [0.5, 0.6) is 0 Å². The van der Waals surface area contributed by atoms with Crippen molar-refractivity contribution < 1.29 is 46.5 Å². The van der Waals surface area contributed by atoms with E-state index in [2.05, 4.69) is 0 Å². The molecule has 0 saturated carbocycles. The van der Waals surface area contributed by atoms with Crippen molar-refractivity contribution in [2.45, 2.75) is 105 Å². The molecule has 0 unspecified atom stereocenters. The molecule has 0 aromatic carbocycles.